The summed E-state index contributed by atoms with van der Waals surface area (Å²) in [7, 11) is 0. The Morgan fingerprint density at radius 3 is 2.84 bits per heavy atom. The molecule has 0 aliphatic heterocycles. The van der Waals surface area contributed by atoms with E-state index in [9.17, 15) is 4.79 Å². The second-order valence-corrected chi connectivity index (χ2v) is 3.76. The number of para-hydroxylation sites is 1. The lowest BCUT2D eigenvalue weighted by Crippen LogP contribution is -2.24. The zero-order valence-corrected chi connectivity index (χ0v) is 10.3. The van der Waals surface area contributed by atoms with Crippen molar-refractivity contribution in [1.29, 1.82) is 0 Å². The molecule has 1 heterocycles. The van der Waals surface area contributed by atoms with Crippen molar-refractivity contribution in [3.63, 3.8) is 0 Å². The molecule has 2 rings (SSSR count). The van der Waals surface area contributed by atoms with Crippen LogP contribution in [-0.2, 0) is 6.61 Å². The summed E-state index contributed by atoms with van der Waals surface area (Å²) < 4.78 is 10.7. The Morgan fingerprint density at radius 1 is 1.32 bits per heavy atom. The Balaban J connectivity index is 2.00. The van der Waals surface area contributed by atoms with E-state index in [0.29, 0.717) is 5.56 Å². The molecule has 0 atom stereocenters. The molecule has 0 aliphatic carbocycles. The maximum Gasteiger partial charge on any atom is 0.288 e. The SMILES string of the molecule is C#CCNC(=O)c1occc1COc1ccccc1. The minimum atomic E-state index is -0.338. The van der Waals surface area contributed by atoms with Gasteiger partial charge in [-0.3, -0.25) is 4.79 Å². The number of carbonyl (C=O) groups is 1. The molecule has 1 N–H and O–H groups in total. The predicted octanol–water partition coefficient (Wildman–Crippen LogP) is 2.22. The monoisotopic (exact) mass is 255 g/mol. The third-order valence-electron chi connectivity index (χ3n) is 2.44. The summed E-state index contributed by atoms with van der Waals surface area (Å²) in [5.74, 6) is 2.96. The van der Waals surface area contributed by atoms with Crippen molar-refractivity contribution in [3.05, 3.63) is 54.0 Å². The minimum absolute atomic E-state index is 0.165. The van der Waals surface area contributed by atoms with E-state index in [4.69, 9.17) is 15.6 Å². The molecule has 19 heavy (non-hydrogen) atoms. The first-order valence-electron chi connectivity index (χ1n) is 5.77. The van der Waals surface area contributed by atoms with Crippen molar-refractivity contribution in [2.75, 3.05) is 6.54 Å². The van der Waals surface area contributed by atoms with Crippen LogP contribution in [0.1, 0.15) is 16.1 Å². The average Bonchev–Trinajstić information content (AvgIpc) is 2.92. The maximum atomic E-state index is 11.7. The van der Waals surface area contributed by atoms with Gasteiger partial charge in [0, 0.05) is 5.56 Å². The molecular formula is C15H13NO3. The van der Waals surface area contributed by atoms with Crippen LogP contribution in [0.4, 0.5) is 0 Å². The highest BCUT2D eigenvalue weighted by Crippen LogP contribution is 2.15. The maximum absolute atomic E-state index is 11.7. The van der Waals surface area contributed by atoms with Crippen LogP contribution in [0.3, 0.4) is 0 Å². The Bertz CT molecular complexity index is 581. The highest BCUT2D eigenvalue weighted by atomic mass is 16.5. The van der Waals surface area contributed by atoms with E-state index < -0.39 is 0 Å². The third-order valence-corrected chi connectivity index (χ3v) is 2.44. The molecule has 2 aromatic rings. The number of carbonyl (C=O) groups excluding carboxylic acids is 1. The molecular weight excluding hydrogens is 242 g/mol. The Labute approximate surface area is 111 Å². The Hall–Kier alpha value is -2.67. The lowest BCUT2D eigenvalue weighted by molar-refractivity contribution is 0.0927. The van der Waals surface area contributed by atoms with Crippen molar-refractivity contribution in [2.45, 2.75) is 6.61 Å². The van der Waals surface area contributed by atoms with Crippen molar-refractivity contribution < 1.29 is 13.9 Å². The third kappa shape index (κ3) is 3.39. The number of benzene rings is 1. The largest absolute Gasteiger partial charge is 0.489 e. The van der Waals surface area contributed by atoms with Gasteiger partial charge in [-0.05, 0) is 18.2 Å². The fourth-order valence-corrected chi connectivity index (χ4v) is 1.54. The summed E-state index contributed by atoms with van der Waals surface area (Å²) in [6, 6.07) is 11.1. The minimum Gasteiger partial charge on any atom is -0.489 e. The molecule has 1 amide bonds. The number of ether oxygens (including phenoxy) is 1. The molecule has 0 fully saturated rings. The van der Waals surface area contributed by atoms with Crippen LogP contribution < -0.4 is 10.1 Å². The van der Waals surface area contributed by atoms with Crippen molar-refractivity contribution in [3.8, 4) is 18.1 Å². The predicted molar refractivity (Wildman–Crippen MR) is 70.6 cm³/mol. The molecule has 0 aliphatic rings. The number of hydrogen-bond acceptors (Lipinski definition) is 3. The normalized spacial score (nSPS) is 9.63. The molecule has 0 saturated heterocycles. The fourth-order valence-electron chi connectivity index (χ4n) is 1.54. The second kappa shape index (κ2) is 6.31. The zero-order valence-electron chi connectivity index (χ0n) is 10.3. The topological polar surface area (TPSA) is 51.5 Å². The van der Waals surface area contributed by atoms with Gasteiger partial charge in [0.1, 0.15) is 12.4 Å². The molecule has 0 bridgehead atoms. The van der Waals surface area contributed by atoms with Crippen molar-refractivity contribution in [2.24, 2.45) is 0 Å². The first kappa shape index (κ1) is 12.8. The van der Waals surface area contributed by atoms with E-state index in [0.717, 1.165) is 5.75 Å². The van der Waals surface area contributed by atoms with Crippen LogP contribution in [0.15, 0.2) is 47.1 Å². The molecule has 0 saturated carbocycles. The van der Waals surface area contributed by atoms with Gasteiger partial charge in [0.2, 0.25) is 0 Å². The molecule has 1 aromatic heterocycles. The van der Waals surface area contributed by atoms with Crippen LogP contribution in [0.25, 0.3) is 0 Å². The molecule has 4 nitrogen and oxygen atoms in total. The molecule has 1 aromatic carbocycles. The number of nitrogens with one attached hydrogen (secondary N) is 1. The Kier molecular flexibility index (Phi) is 4.25. The van der Waals surface area contributed by atoms with Gasteiger partial charge in [0.25, 0.3) is 5.91 Å². The summed E-state index contributed by atoms with van der Waals surface area (Å²) >= 11 is 0. The van der Waals surface area contributed by atoms with Crippen molar-refractivity contribution in [1.82, 2.24) is 5.32 Å². The molecule has 0 unspecified atom stereocenters. The number of terminal acetylenes is 1. The Morgan fingerprint density at radius 2 is 2.11 bits per heavy atom. The lowest BCUT2D eigenvalue weighted by atomic mass is 10.2. The number of amides is 1. The second-order valence-electron chi connectivity index (χ2n) is 3.76. The van der Waals surface area contributed by atoms with Gasteiger partial charge < -0.3 is 14.5 Å². The first-order chi connectivity index (χ1) is 9.31. The van der Waals surface area contributed by atoms with Gasteiger partial charge >= 0.3 is 0 Å². The van der Waals surface area contributed by atoms with Gasteiger partial charge in [0.15, 0.2) is 5.76 Å². The highest BCUT2D eigenvalue weighted by molar-refractivity contribution is 5.92. The number of furan rings is 1. The van der Waals surface area contributed by atoms with Gasteiger partial charge in [-0.15, -0.1) is 6.42 Å². The van der Waals surface area contributed by atoms with E-state index in [1.54, 1.807) is 6.07 Å². The lowest BCUT2D eigenvalue weighted by Gasteiger charge is -2.06. The van der Waals surface area contributed by atoms with Gasteiger partial charge in [-0.1, -0.05) is 24.1 Å². The molecule has 4 heteroatoms. The summed E-state index contributed by atoms with van der Waals surface area (Å²) in [6.07, 6.45) is 6.54. The molecule has 96 valence electrons. The van der Waals surface area contributed by atoms with E-state index in [1.807, 2.05) is 30.3 Å². The van der Waals surface area contributed by atoms with Crippen LogP contribution >= 0.6 is 0 Å². The quantitative estimate of drug-likeness (QED) is 0.833. The summed E-state index contributed by atoms with van der Waals surface area (Å²) in [5, 5.41) is 2.55. The van der Waals surface area contributed by atoms with E-state index >= 15 is 0 Å². The van der Waals surface area contributed by atoms with Gasteiger partial charge in [0.05, 0.1) is 12.8 Å². The standard InChI is InChI=1S/C15H13NO3/c1-2-9-16-15(17)14-12(8-10-18-14)11-19-13-6-4-3-5-7-13/h1,3-8,10H,9,11H2,(H,16,17). The van der Waals surface area contributed by atoms with Crippen LogP contribution in [0, 0.1) is 12.3 Å². The fraction of sp³-hybridized carbons (Fsp3) is 0.133. The van der Waals surface area contributed by atoms with Crippen LogP contribution in [0.2, 0.25) is 0 Å². The van der Waals surface area contributed by atoms with E-state index in [1.165, 1.54) is 6.26 Å². The van der Waals surface area contributed by atoms with Crippen LogP contribution in [-0.4, -0.2) is 12.5 Å². The highest BCUT2D eigenvalue weighted by Gasteiger charge is 2.15. The summed E-state index contributed by atoms with van der Waals surface area (Å²) in [5.41, 5.74) is 0.679. The van der Waals surface area contributed by atoms with Crippen molar-refractivity contribution >= 4 is 5.91 Å². The molecule has 0 radical (unpaired) electrons. The van der Waals surface area contributed by atoms with Gasteiger partial charge in [-0.25, -0.2) is 0 Å². The van der Waals surface area contributed by atoms with E-state index in [-0.39, 0.29) is 24.8 Å². The summed E-state index contributed by atoms with van der Waals surface area (Å²) in [6.45, 7) is 0.428. The smallest absolute Gasteiger partial charge is 0.288 e. The average molecular weight is 255 g/mol. The van der Waals surface area contributed by atoms with E-state index in [2.05, 4.69) is 11.2 Å². The summed E-state index contributed by atoms with van der Waals surface area (Å²) in [4.78, 5) is 11.7. The van der Waals surface area contributed by atoms with Crippen LogP contribution in [0.5, 0.6) is 5.75 Å². The van der Waals surface area contributed by atoms with Gasteiger partial charge in [-0.2, -0.15) is 0 Å². The molecule has 0 spiro atoms. The zero-order chi connectivity index (χ0) is 13.5. The number of hydrogen-bond donors (Lipinski definition) is 1. The number of rotatable bonds is 5. The first-order valence-corrected chi connectivity index (χ1v) is 5.77.